The van der Waals surface area contributed by atoms with Gasteiger partial charge in [-0.1, -0.05) is 19.9 Å². The van der Waals surface area contributed by atoms with Crippen LogP contribution < -0.4 is 0 Å². The molecule has 0 bridgehead atoms. The van der Waals surface area contributed by atoms with Gasteiger partial charge in [-0.15, -0.1) is 0 Å². The first kappa shape index (κ1) is 9.77. The highest BCUT2D eigenvalue weighted by atomic mass is 16.3. The topological polar surface area (TPSA) is 38.0 Å². The Hall–Kier alpha value is -1.77. The van der Waals surface area contributed by atoms with E-state index in [9.17, 15) is 5.11 Å². The maximum atomic E-state index is 9.35. The Balaban J connectivity index is 2.37. The van der Waals surface area contributed by atoms with Crippen molar-refractivity contribution in [2.75, 3.05) is 0 Å². The van der Waals surface area contributed by atoms with Crippen LogP contribution in [0.15, 0.2) is 36.7 Å². The largest absolute Gasteiger partial charge is 0.508 e. The van der Waals surface area contributed by atoms with E-state index < -0.39 is 0 Å². The van der Waals surface area contributed by atoms with Gasteiger partial charge in [0.15, 0.2) is 0 Å². The average Bonchev–Trinajstić information content (AvgIpc) is 2.66. The zero-order chi connectivity index (χ0) is 10.8. The van der Waals surface area contributed by atoms with Crippen molar-refractivity contribution in [2.45, 2.75) is 19.8 Å². The van der Waals surface area contributed by atoms with Gasteiger partial charge in [0, 0.05) is 12.3 Å². The monoisotopic (exact) mass is 202 g/mol. The van der Waals surface area contributed by atoms with Crippen LogP contribution in [0.2, 0.25) is 0 Å². The average molecular weight is 202 g/mol. The summed E-state index contributed by atoms with van der Waals surface area (Å²) in [5, 5.41) is 13.6. The van der Waals surface area contributed by atoms with Crippen molar-refractivity contribution in [1.82, 2.24) is 9.78 Å². The normalized spacial score (nSPS) is 10.9. The highest BCUT2D eigenvalue weighted by Gasteiger charge is 2.04. The molecule has 2 aromatic rings. The van der Waals surface area contributed by atoms with E-state index in [-0.39, 0.29) is 5.75 Å². The Morgan fingerprint density at radius 2 is 2.13 bits per heavy atom. The van der Waals surface area contributed by atoms with Crippen molar-refractivity contribution in [2.24, 2.45) is 0 Å². The van der Waals surface area contributed by atoms with Crippen LogP contribution in [0.1, 0.15) is 25.3 Å². The molecule has 0 saturated heterocycles. The predicted octanol–water partition coefficient (Wildman–Crippen LogP) is 2.70. The third-order valence-electron chi connectivity index (χ3n) is 2.36. The molecule has 1 aromatic heterocycles. The van der Waals surface area contributed by atoms with Gasteiger partial charge in [-0.05, 0) is 23.6 Å². The number of aromatic nitrogens is 2. The first-order valence-electron chi connectivity index (χ1n) is 5.01. The van der Waals surface area contributed by atoms with E-state index in [1.807, 2.05) is 18.5 Å². The van der Waals surface area contributed by atoms with Crippen molar-refractivity contribution in [3.05, 3.63) is 42.2 Å². The molecule has 0 unspecified atom stereocenters. The van der Waals surface area contributed by atoms with E-state index in [0.717, 1.165) is 5.69 Å². The summed E-state index contributed by atoms with van der Waals surface area (Å²) in [6.07, 6.45) is 3.84. The SMILES string of the molecule is CC(C)c1cnn(-c2cccc(O)c2)c1. The Morgan fingerprint density at radius 3 is 2.73 bits per heavy atom. The predicted molar refractivity (Wildman–Crippen MR) is 59.3 cm³/mol. The molecule has 2 rings (SSSR count). The van der Waals surface area contributed by atoms with Crippen molar-refractivity contribution < 1.29 is 5.11 Å². The lowest BCUT2D eigenvalue weighted by Gasteiger charge is -2.01. The van der Waals surface area contributed by atoms with E-state index in [1.165, 1.54) is 5.56 Å². The minimum atomic E-state index is 0.258. The molecular formula is C12H14N2O. The maximum absolute atomic E-state index is 9.35. The molecule has 0 amide bonds. The molecule has 0 atom stereocenters. The van der Waals surface area contributed by atoms with E-state index >= 15 is 0 Å². The van der Waals surface area contributed by atoms with Gasteiger partial charge in [0.25, 0.3) is 0 Å². The van der Waals surface area contributed by atoms with Gasteiger partial charge in [-0.2, -0.15) is 5.10 Å². The Kier molecular flexibility index (Phi) is 2.46. The fraction of sp³-hybridized carbons (Fsp3) is 0.250. The lowest BCUT2D eigenvalue weighted by Crippen LogP contribution is -1.93. The third-order valence-corrected chi connectivity index (χ3v) is 2.36. The number of hydrogen-bond acceptors (Lipinski definition) is 2. The van der Waals surface area contributed by atoms with Crippen LogP contribution in [0.4, 0.5) is 0 Å². The number of nitrogens with zero attached hydrogens (tertiary/aromatic N) is 2. The highest BCUT2D eigenvalue weighted by Crippen LogP contribution is 2.18. The quantitative estimate of drug-likeness (QED) is 0.813. The number of aromatic hydroxyl groups is 1. The molecule has 0 radical (unpaired) electrons. The first-order chi connectivity index (χ1) is 7.16. The van der Waals surface area contributed by atoms with Gasteiger partial charge in [0.2, 0.25) is 0 Å². The number of hydrogen-bond donors (Lipinski definition) is 1. The van der Waals surface area contributed by atoms with E-state index in [4.69, 9.17) is 0 Å². The number of phenols is 1. The van der Waals surface area contributed by atoms with Crippen molar-refractivity contribution in [3.63, 3.8) is 0 Å². The smallest absolute Gasteiger partial charge is 0.117 e. The molecule has 3 nitrogen and oxygen atoms in total. The molecule has 3 heteroatoms. The summed E-state index contributed by atoms with van der Waals surface area (Å²) in [7, 11) is 0. The van der Waals surface area contributed by atoms with E-state index in [0.29, 0.717) is 5.92 Å². The van der Waals surface area contributed by atoms with Crippen molar-refractivity contribution in [3.8, 4) is 11.4 Å². The fourth-order valence-electron chi connectivity index (χ4n) is 1.41. The number of rotatable bonds is 2. The van der Waals surface area contributed by atoms with Crippen molar-refractivity contribution >= 4 is 0 Å². The zero-order valence-electron chi connectivity index (χ0n) is 8.88. The summed E-state index contributed by atoms with van der Waals surface area (Å²) in [5.41, 5.74) is 2.07. The summed E-state index contributed by atoms with van der Waals surface area (Å²) >= 11 is 0. The van der Waals surface area contributed by atoms with E-state index in [2.05, 4.69) is 18.9 Å². The minimum Gasteiger partial charge on any atom is -0.508 e. The molecule has 0 aliphatic carbocycles. The van der Waals surface area contributed by atoms with Gasteiger partial charge < -0.3 is 5.11 Å². The van der Waals surface area contributed by atoms with Crippen LogP contribution in [0.5, 0.6) is 5.75 Å². The van der Waals surface area contributed by atoms with Crippen LogP contribution in [0.25, 0.3) is 5.69 Å². The van der Waals surface area contributed by atoms with Crippen LogP contribution in [-0.4, -0.2) is 14.9 Å². The second-order valence-corrected chi connectivity index (χ2v) is 3.89. The Bertz CT molecular complexity index is 460. The lowest BCUT2D eigenvalue weighted by molar-refractivity contribution is 0.475. The van der Waals surface area contributed by atoms with Gasteiger partial charge in [0.05, 0.1) is 11.9 Å². The molecule has 1 N–H and O–H groups in total. The van der Waals surface area contributed by atoms with Gasteiger partial charge >= 0.3 is 0 Å². The summed E-state index contributed by atoms with van der Waals surface area (Å²) < 4.78 is 1.77. The standard InChI is InChI=1S/C12H14N2O/c1-9(2)10-7-13-14(8-10)11-4-3-5-12(15)6-11/h3-9,15H,1-2H3. The number of benzene rings is 1. The second kappa shape index (κ2) is 3.77. The lowest BCUT2D eigenvalue weighted by atomic mass is 10.1. The maximum Gasteiger partial charge on any atom is 0.117 e. The zero-order valence-corrected chi connectivity index (χ0v) is 8.88. The molecule has 15 heavy (non-hydrogen) atoms. The molecule has 0 fully saturated rings. The van der Waals surface area contributed by atoms with Crippen LogP contribution in [0.3, 0.4) is 0 Å². The molecule has 0 aliphatic heterocycles. The molecule has 0 spiro atoms. The third kappa shape index (κ3) is 2.01. The Labute approximate surface area is 89.0 Å². The molecule has 0 aliphatic rings. The molecule has 78 valence electrons. The van der Waals surface area contributed by atoms with Crippen LogP contribution >= 0.6 is 0 Å². The van der Waals surface area contributed by atoms with Crippen LogP contribution in [0, 0.1) is 0 Å². The van der Waals surface area contributed by atoms with E-state index in [1.54, 1.807) is 22.9 Å². The summed E-state index contributed by atoms with van der Waals surface area (Å²) in [6.45, 7) is 4.26. The fourth-order valence-corrected chi connectivity index (χ4v) is 1.41. The first-order valence-corrected chi connectivity index (χ1v) is 5.01. The summed E-state index contributed by atoms with van der Waals surface area (Å²) in [6, 6.07) is 7.06. The van der Waals surface area contributed by atoms with Crippen molar-refractivity contribution in [1.29, 1.82) is 0 Å². The van der Waals surface area contributed by atoms with Gasteiger partial charge in [-0.25, -0.2) is 4.68 Å². The molecule has 1 aromatic carbocycles. The summed E-state index contributed by atoms with van der Waals surface area (Å²) in [4.78, 5) is 0. The minimum absolute atomic E-state index is 0.258. The Morgan fingerprint density at radius 1 is 1.33 bits per heavy atom. The highest BCUT2D eigenvalue weighted by molar-refractivity contribution is 5.38. The van der Waals surface area contributed by atoms with Gasteiger partial charge in [0.1, 0.15) is 5.75 Å². The van der Waals surface area contributed by atoms with Crippen LogP contribution in [-0.2, 0) is 0 Å². The molecule has 1 heterocycles. The molecular weight excluding hydrogens is 188 g/mol. The summed E-state index contributed by atoms with van der Waals surface area (Å²) in [5.74, 6) is 0.727. The second-order valence-electron chi connectivity index (χ2n) is 3.89. The molecule has 0 saturated carbocycles. The van der Waals surface area contributed by atoms with Gasteiger partial charge in [-0.3, -0.25) is 0 Å². The number of phenolic OH excluding ortho intramolecular Hbond substituents is 1.